The third-order valence-corrected chi connectivity index (χ3v) is 5.00. The van der Waals surface area contributed by atoms with Crippen LogP contribution in [0.25, 0.3) is 0 Å². The predicted octanol–water partition coefficient (Wildman–Crippen LogP) is 7.47. The molecule has 0 bridgehead atoms. The van der Waals surface area contributed by atoms with Gasteiger partial charge in [-0.25, -0.2) is 0 Å². The second-order valence-corrected chi connectivity index (χ2v) is 7.23. The fraction of sp³-hybridized carbons (Fsp3) is 1.00. The highest BCUT2D eigenvalue weighted by Gasteiger charge is 2.11. The molecule has 1 aliphatic heterocycles. The topological polar surface area (TPSA) is 24.7 Å². The van der Waals surface area contributed by atoms with E-state index in [0.717, 1.165) is 0 Å². The van der Waals surface area contributed by atoms with E-state index in [1.165, 1.54) is 103 Å². The molecular weight excluding hydrogens is 268 g/mol. The van der Waals surface area contributed by atoms with E-state index in [0.29, 0.717) is 12.1 Å². The van der Waals surface area contributed by atoms with E-state index in [4.69, 9.17) is 10.2 Å². The van der Waals surface area contributed by atoms with Crippen LogP contribution in [0.15, 0.2) is 10.2 Å². The molecule has 0 N–H and O–H groups in total. The molecule has 0 amide bonds. The lowest BCUT2D eigenvalue weighted by atomic mass is 9.99. The molecule has 22 heavy (non-hydrogen) atoms. The third kappa shape index (κ3) is 10.3. The maximum atomic E-state index is 4.81. The van der Waals surface area contributed by atoms with Crippen molar-refractivity contribution in [3.8, 4) is 0 Å². The van der Waals surface area contributed by atoms with Crippen LogP contribution in [0.3, 0.4) is 0 Å². The first-order chi connectivity index (χ1) is 10.9. The lowest BCUT2D eigenvalue weighted by Crippen LogP contribution is -2.09. The van der Waals surface area contributed by atoms with Crippen molar-refractivity contribution in [3.05, 3.63) is 0 Å². The van der Waals surface area contributed by atoms with Gasteiger partial charge in [-0.1, -0.05) is 90.9 Å². The number of azo groups is 1. The molecule has 0 spiro atoms. The van der Waals surface area contributed by atoms with Crippen LogP contribution in [0.4, 0.5) is 0 Å². The Bertz CT molecular complexity index is 236. The van der Waals surface area contributed by atoms with Crippen molar-refractivity contribution in [3.63, 3.8) is 0 Å². The minimum Gasteiger partial charge on any atom is -0.191 e. The molecule has 1 rings (SSSR count). The van der Waals surface area contributed by atoms with Gasteiger partial charge in [0, 0.05) is 0 Å². The van der Waals surface area contributed by atoms with E-state index in [9.17, 15) is 0 Å². The minimum atomic E-state index is 0.514. The Hall–Kier alpha value is -0.400. The first-order valence-corrected chi connectivity index (χ1v) is 10.3. The summed E-state index contributed by atoms with van der Waals surface area (Å²) in [6, 6.07) is 1.03. The Morgan fingerprint density at radius 2 is 1.00 bits per heavy atom. The Kier molecular flexibility index (Phi) is 12.7. The highest BCUT2D eigenvalue weighted by atomic mass is 15.1. The molecule has 2 unspecified atom stereocenters. The summed E-state index contributed by atoms with van der Waals surface area (Å²) in [6.45, 7) is 4.57. The molecule has 2 nitrogen and oxygen atoms in total. The smallest absolute Gasteiger partial charge is 0.0708 e. The number of rotatable bonds is 8. The van der Waals surface area contributed by atoms with Gasteiger partial charge in [0.2, 0.25) is 0 Å². The fourth-order valence-electron chi connectivity index (χ4n) is 3.44. The number of hydrogen-bond acceptors (Lipinski definition) is 2. The van der Waals surface area contributed by atoms with Gasteiger partial charge in [-0.2, -0.15) is 10.2 Å². The summed E-state index contributed by atoms with van der Waals surface area (Å²) in [5.41, 5.74) is 0. The van der Waals surface area contributed by atoms with Crippen molar-refractivity contribution in [1.29, 1.82) is 0 Å². The van der Waals surface area contributed by atoms with Crippen molar-refractivity contribution in [1.82, 2.24) is 0 Å². The molecule has 1 heterocycles. The van der Waals surface area contributed by atoms with E-state index >= 15 is 0 Å². The fourth-order valence-corrected chi connectivity index (χ4v) is 3.44. The van der Waals surface area contributed by atoms with Crippen LogP contribution in [0.2, 0.25) is 0 Å². The van der Waals surface area contributed by atoms with Gasteiger partial charge in [0.05, 0.1) is 12.1 Å². The standard InChI is InChI=1S/C20H40N2/c1-3-5-11-15-19-17-13-9-7-8-10-14-18-20(22-21-19)16-12-6-4-2/h19-20H,3-18H2,1-2H3/b22-21+. The van der Waals surface area contributed by atoms with E-state index in [1.54, 1.807) is 0 Å². The molecule has 0 saturated carbocycles. The number of nitrogens with zero attached hydrogens (tertiary/aromatic N) is 2. The van der Waals surface area contributed by atoms with Crippen LogP contribution in [-0.4, -0.2) is 12.1 Å². The highest BCUT2D eigenvalue weighted by Crippen LogP contribution is 2.21. The van der Waals surface area contributed by atoms with Crippen LogP contribution < -0.4 is 0 Å². The molecule has 2 atom stereocenters. The lowest BCUT2D eigenvalue weighted by molar-refractivity contribution is 0.426. The minimum absolute atomic E-state index is 0.514. The average molecular weight is 309 g/mol. The first kappa shape index (κ1) is 19.6. The van der Waals surface area contributed by atoms with Gasteiger partial charge >= 0.3 is 0 Å². The van der Waals surface area contributed by atoms with Gasteiger partial charge in [0.15, 0.2) is 0 Å². The van der Waals surface area contributed by atoms with Crippen molar-refractivity contribution in [2.45, 2.75) is 129 Å². The Morgan fingerprint density at radius 1 is 0.591 bits per heavy atom. The van der Waals surface area contributed by atoms with Crippen LogP contribution >= 0.6 is 0 Å². The van der Waals surface area contributed by atoms with E-state index < -0.39 is 0 Å². The molecular formula is C20H40N2. The molecule has 1 aliphatic rings. The quantitative estimate of drug-likeness (QED) is 0.415. The number of hydrogen-bond donors (Lipinski definition) is 0. The first-order valence-electron chi connectivity index (χ1n) is 10.3. The zero-order chi connectivity index (χ0) is 15.9. The summed E-state index contributed by atoms with van der Waals surface area (Å²) < 4.78 is 0. The molecule has 0 aromatic heterocycles. The van der Waals surface area contributed by atoms with Crippen LogP contribution in [-0.2, 0) is 0 Å². The van der Waals surface area contributed by atoms with E-state index in [-0.39, 0.29) is 0 Å². The summed E-state index contributed by atoms with van der Waals surface area (Å²) in [7, 11) is 0. The zero-order valence-corrected chi connectivity index (χ0v) is 15.4. The summed E-state index contributed by atoms with van der Waals surface area (Å²) in [4.78, 5) is 0. The van der Waals surface area contributed by atoms with Crippen molar-refractivity contribution >= 4 is 0 Å². The van der Waals surface area contributed by atoms with Crippen molar-refractivity contribution in [2.75, 3.05) is 0 Å². The predicted molar refractivity (Wildman–Crippen MR) is 97.7 cm³/mol. The largest absolute Gasteiger partial charge is 0.191 e. The third-order valence-electron chi connectivity index (χ3n) is 5.00. The Balaban J connectivity index is 2.49. The molecule has 0 aromatic carbocycles. The Morgan fingerprint density at radius 3 is 1.41 bits per heavy atom. The SMILES string of the molecule is CCCCCC1CCCCCCCCC(CCCCC)/N=N/1. The second kappa shape index (κ2) is 14.2. The van der Waals surface area contributed by atoms with Gasteiger partial charge in [0.25, 0.3) is 0 Å². The molecule has 0 radical (unpaired) electrons. The van der Waals surface area contributed by atoms with Crippen molar-refractivity contribution in [2.24, 2.45) is 10.2 Å². The normalized spacial score (nSPS) is 26.1. The maximum absolute atomic E-state index is 4.81. The van der Waals surface area contributed by atoms with Gasteiger partial charge in [-0.05, 0) is 25.7 Å². The van der Waals surface area contributed by atoms with E-state index in [1.807, 2.05) is 0 Å². The zero-order valence-electron chi connectivity index (χ0n) is 15.4. The van der Waals surface area contributed by atoms with Crippen molar-refractivity contribution < 1.29 is 0 Å². The summed E-state index contributed by atoms with van der Waals surface area (Å²) in [5, 5.41) is 9.63. The lowest BCUT2D eigenvalue weighted by Gasteiger charge is -2.16. The molecule has 130 valence electrons. The average Bonchev–Trinajstić information content (AvgIpc) is 2.52. The molecule has 0 fully saturated rings. The summed E-state index contributed by atoms with van der Waals surface area (Å²) in [6.07, 6.45) is 21.4. The number of unbranched alkanes of at least 4 members (excludes halogenated alkanes) is 4. The van der Waals surface area contributed by atoms with Gasteiger partial charge in [-0.15, -0.1) is 0 Å². The maximum Gasteiger partial charge on any atom is 0.0708 e. The van der Waals surface area contributed by atoms with Gasteiger partial charge in [0.1, 0.15) is 0 Å². The molecule has 0 aliphatic carbocycles. The summed E-state index contributed by atoms with van der Waals surface area (Å²) >= 11 is 0. The molecule has 0 saturated heterocycles. The van der Waals surface area contributed by atoms with Crippen LogP contribution in [0.1, 0.15) is 117 Å². The van der Waals surface area contributed by atoms with Gasteiger partial charge in [-0.3, -0.25) is 0 Å². The summed E-state index contributed by atoms with van der Waals surface area (Å²) in [5.74, 6) is 0. The van der Waals surface area contributed by atoms with Crippen LogP contribution in [0.5, 0.6) is 0 Å². The monoisotopic (exact) mass is 308 g/mol. The molecule has 0 aromatic rings. The Labute approximate surface area is 139 Å². The van der Waals surface area contributed by atoms with Gasteiger partial charge < -0.3 is 0 Å². The second-order valence-electron chi connectivity index (χ2n) is 7.23. The highest BCUT2D eigenvalue weighted by molar-refractivity contribution is 4.70. The van der Waals surface area contributed by atoms with E-state index in [2.05, 4.69) is 13.8 Å². The van der Waals surface area contributed by atoms with Crippen LogP contribution in [0, 0.1) is 0 Å². The molecule has 2 heteroatoms.